The van der Waals surface area contributed by atoms with Gasteiger partial charge in [0.15, 0.2) is 5.96 Å². The van der Waals surface area contributed by atoms with Crippen LogP contribution in [0.1, 0.15) is 17.6 Å². The second-order valence-electron chi connectivity index (χ2n) is 5.60. The Kier molecular flexibility index (Phi) is 6.94. The van der Waals surface area contributed by atoms with Crippen LogP contribution in [0.25, 0.3) is 0 Å². The Morgan fingerprint density at radius 3 is 2.87 bits per heavy atom. The molecule has 0 aromatic carbocycles. The first-order valence-corrected chi connectivity index (χ1v) is 8.71. The SMILES string of the molecule is C=C(C)CN(C)C(=NCCc1cccs1)NCCc1ccco1. The van der Waals surface area contributed by atoms with Gasteiger partial charge in [0.2, 0.25) is 0 Å². The molecule has 0 radical (unpaired) electrons. The van der Waals surface area contributed by atoms with Gasteiger partial charge in [0.05, 0.1) is 6.26 Å². The largest absolute Gasteiger partial charge is 0.469 e. The van der Waals surface area contributed by atoms with Crippen molar-refractivity contribution in [3.05, 3.63) is 58.7 Å². The summed E-state index contributed by atoms with van der Waals surface area (Å²) in [6.07, 6.45) is 3.53. The molecular formula is C18H25N3OS. The minimum Gasteiger partial charge on any atom is -0.469 e. The number of nitrogens with zero attached hydrogens (tertiary/aromatic N) is 2. The Morgan fingerprint density at radius 2 is 2.22 bits per heavy atom. The second kappa shape index (κ2) is 9.20. The fourth-order valence-electron chi connectivity index (χ4n) is 2.27. The van der Waals surface area contributed by atoms with Crippen LogP contribution in [0, 0.1) is 0 Å². The Balaban J connectivity index is 1.88. The average molecular weight is 331 g/mol. The Morgan fingerprint density at radius 1 is 1.35 bits per heavy atom. The van der Waals surface area contributed by atoms with Crippen molar-refractivity contribution in [3.63, 3.8) is 0 Å². The van der Waals surface area contributed by atoms with Gasteiger partial charge < -0.3 is 14.6 Å². The summed E-state index contributed by atoms with van der Waals surface area (Å²) in [7, 11) is 2.04. The van der Waals surface area contributed by atoms with Crippen molar-refractivity contribution < 1.29 is 4.42 Å². The normalized spacial score (nSPS) is 11.5. The van der Waals surface area contributed by atoms with E-state index in [-0.39, 0.29) is 0 Å². The van der Waals surface area contributed by atoms with Gasteiger partial charge in [-0.05, 0) is 30.5 Å². The molecule has 0 saturated carbocycles. The molecule has 2 heterocycles. The van der Waals surface area contributed by atoms with E-state index in [4.69, 9.17) is 9.41 Å². The van der Waals surface area contributed by atoms with Crippen LogP contribution in [0.15, 0.2) is 57.5 Å². The molecule has 23 heavy (non-hydrogen) atoms. The lowest BCUT2D eigenvalue weighted by atomic mass is 10.3. The van der Waals surface area contributed by atoms with Gasteiger partial charge in [-0.3, -0.25) is 4.99 Å². The van der Waals surface area contributed by atoms with Crippen molar-refractivity contribution in [2.24, 2.45) is 4.99 Å². The predicted molar refractivity (Wildman–Crippen MR) is 98.2 cm³/mol. The molecule has 0 aliphatic heterocycles. The van der Waals surface area contributed by atoms with Crippen molar-refractivity contribution in [1.29, 1.82) is 0 Å². The third-order valence-corrected chi connectivity index (χ3v) is 4.24. The number of hydrogen-bond donors (Lipinski definition) is 1. The monoisotopic (exact) mass is 331 g/mol. The zero-order chi connectivity index (χ0) is 16.5. The van der Waals surface area contributed by atoms with Crippen LogP contribution in [-0.2, 0) is 12.8 Å². The van der Waals surface area contributed by atoms with Gasteiger partial charge in [-0.1, -0.05) is 18.2 Å². The molecule has 0 saturated heterocycles. The number of thiophene rings is 1. The van der Waals surface area contributed by atoms with Crippen molar-refractivity contribution in [2.45, 2.75) is 19.8 Å². The van der Waals surface area contributed by atoms with Crippen LogP contribution in [0.4, 0.5) is 0 Å². The molecule has 0 spiro atoms. The molecule has 0 aliphatic carbocycles. The summed E-state index contributed by atoms with van der Waals surface area (Å²) < 4.78 is 5.36. The maximum atomic E-state index is 5.36. The lowest BCUT2D eigenvalue weighted by Crippen LogP contribution is -2.40. The van der Waals surface area contributed by atoms with E-state index in [0.29, 0.717) is 0 Å². The van der Waals surface area contributed by atoms with E-state index in [2.05, 4.69) is 34.3 Å². The first-order chi connectivity index (χ1) is 11.1. The molecule has 0 aliphatic rings. The highest BCUT2D eigenvalue weighted by molar-refractivity contribution is 7.09. The first-order valence-electron chi connectivity index (χ1n) is 7.83. The third-order valence-electron chi connectivity index (χ3n) is 3.30. The van der Waals surface area contributed by atoms with E-state index >= 15 is 0 Å². The van der Waals surface area contributed by atoms with Gasteiger partial charge in [0, 0.05) is 44.4 Å². The van der Waals surface area contributed by atoms with Crippen molar-refractivity contribution in [1.82, 2.24) is 10.2 Å². The van der Waals surface area contributed by atoms with E-state index in [1.54, 1.807) is 17.6 Å². The molecule has 2 rings (SSSR count). The highest BCUT2D eigenvalue weighted by Crippen LogP contribution is 2.09. The zero-order valence-corrected chi connectivity index (χ0v) is 14.7. The van der Waals surface area contributed by atoms with Crippen molar-refractivity contribution >= 4 is 17.3 Å². The summed E-state index contributed by atoms with van der Waals surface area (Å²) in [6, 6.07) is 8.15. The topological polar surface area (TPSA) is 40.8 Å². The van der Waals surface area contributed by atoms with Crippen LogP contribution < -0.4 is 5.32 Å². The third kappa shape index (κ3) is 6.32. The summed E-state index contributed by atoms with van der Waals surface area (Å²) in [5, 5.41) is 5.53. The molecule has 0 fully saturated rings. The lowest BCUT2D eigenvalue weighted by Gasteiger charge is -2.22. The summed E-state index contributed by atoms with van der Waals surface area (Å²) >= 11 is 1.78. The van der Waals surface area contributed by atoms with E-state index in [0.717, 1.165) is 49.8 Å². The maximum absolute atomic E-state index is 5.36. The molecule has 0 amide bonds. The highest BCUT2D eigenvalue weighted by Gasteiger charge is 2.07. The lowest BCUT2D eigenvalue weighted by molar-refractivity contribution is 0.493. The number of nitrogens with one attached hydrogen (secondary N) is 1. The average Bonchev–Trinajstić information content (AvgIpc) is 3.18. The number of likely N-dealkylation sites (N-methyl/N-ethyl adjacent to an activating group) is 1. The molecule has 124 valence electrons. The summed E-state index contributed by atoms with van der Waals surface area (Å²) in [5.74, 6) is 1.90. The van der Waals surface area contributed by atoms with E-state index < -0.39 is 0 Å². The fraction of sp³-hybridized carbons (Fsp3) is 0.389. The van der Waals surface area contributed by atoms with Crippen LogP contribution >= 0.6 is 11.3 Å². The predicted octanol–water partition coefficient (Wildman–Crippen LogP) is 3.58. The van der Waals surface area contributed by atoms with E-state index in [1.165, 1.54) is 4.88 Å². The van der Waals surface area contributed by atoms with Crippen LogP contribution in [-0.4, -0.2) is 37.5 Å². The molecule has 2 aromatic heterocycles. The molecule has 2 aromatic rings. The number of guanidine groups is 1. The summed E-state index contributed by atoms with van der Waals surface area (Å²) in [6.45, 7) is 8.39. The maximum Gasteiger partial charge on any atom is 0.193 e. The number of hydrogen-bond acceptors (Lipinski definition) is 3. The van der Waals surface area contributed by atoms with E-state index in [9.17, 15) is 0 Å². The minimum absolute atomic E-state index is 0.782. The molecule has 5 heteroatoms. The van der Waals surface area contributed by atoms with Crippen molar-refractivity contribution in [2.75, 3.05) is 26.7 Å². The Bertz CT molecular complexity index is 602. The van der Waals surface area contributed by atoms with E-state index in [1.807, 2.05) is 26.1 Å². The molecule has 0 bridgehead atoms. The molecule has 4 nitrogen and oxygen atoms in total. The number of furan rings is 1. The van der Waals surface area contributed by atoms with Gasteiger partial charge in [-0.15, -0.1) is 11.3 Å². The smallest absolute Gasteiger partial charge is 0.193 e. The van der Waals surface area contributed by atoms with Gasteiger partial charge in [-0.2, -0.15) is 0 Å². The second-order valence-corrected chi connectivity index (χ2v) is 6.64. The highest BCUT2D eigenvalue weighted by atomic mass is 32.1. The quantitative estimate of drug-likeness (QED) is 0.457. The fourth-order valence-corrected chi connectivity index (χ4v) is 2.97. The first kappa shape index (κ1) is 17.3. The molecule has 1 N–H and O–H groups in total. The van der Waals surface area contributed by atoms with Gasteiger partial charge in [-0.25, -0.2) is 0 Å². The minimum atomic E-state index is 0.782. The summed E-state index contributed by atoms with van der Waals surface area (Å²) in [5.41, 5.74) is 1.12. The van der Waals surface area contributed by atoms with Crippen molar-refractivity contribution in [3.8, 4) is 0 Å². The summed E-state index contributed by atoms with van der Waals surface area (Å²) in [4.78, 5) is 8.21. The molecular weight excluding hydrogens is 306 g/mol. The molecule has 0 unspecified atom stereocenters. The number of rotatable bonds is 8. The molecule has 0 atom stereocenters. The van der Waals surface area contributed by atoms with Crippen LogP contribution in [0.5, 0.6) is 0 Å². The standard InChI is InChI=1S/C18H25N3OS/c1-15(2)14-21(3)18(19-10-8-16-6-4-12-22-16)20-11-9-17-7-5-13-23-17/h4-7,12-13H,1,8-11,14H2,2-3H3,(H,19,20). The Labute approximate surface area is 142 Å². The zero-order valence-electron chi connectivity index (χ0n) is 13.9. The van der Waals surface area contributed by atoms with Crippen LogP contribution in [0.2, 0.25) is 0 Å². The van der Waals surface area contributed by atoms with Crippen LogP contribution in [0.3, 0.4) is 0 Å². The van der Waals surface area contributed by atoms with Gasteiger partial charge in [0.1, 0.15) is 5.76 Å². The van der Waals surface area contributed by atoms with Gasteiger partial charge in [0.25, 0.3) is 0 Å². The van der Waals surface area contributed by atoms with Gasteiger partial charge >= 0.3 is 0 Å². The number of aliphatic imine (C=N–C) groups is 1. The Hall–Kier alpha value is -2.01.